The molecule has 0 bridgehead atoms. The van der Waals surface area contributed by atoms with Crippen LogP contribution < -0.4 is 4.74 Å². The number of para-hydroxylation sites is 1. The van der Waals surface area contributed by atoms with Crippen LogP contribution in [-0.4, -0.2) is 89.1 Å². The second kappa shape index (κ2) is 20.2. The van der Waals surface area contributed by atoms with Gasteiger partial charge < -0.3 is 44.3 Å². The average molecular weight is 716 g/mol. The summed E-state index contributed by atoms with van der Waals surface area (Å²) in [5.41, 5.74) is 2.53. The van der Waals surface area contributed by atoms with Gasteiger partial charge in [0.25, 0.3) is 0 Å². The highest BCUT2D eigenvalue weighted by molar-refractivity contribution is 5.88. The van der Waals surface area contributed by atoms with Crippen LogP contribution >= 0.6 is 0 Å². The molecule has 5 rings (SSSR count). The molecule has 1 heterocycles. The number of aromatic hydroxyl groups is 2. The van der Waals surface area contributed by atoms with Crippen molar-refractivity contribution in [3.63, 3.8) is 0 Å². The Kier molecular flexibility index (Phi) is 15.1. The molecule has 1 amide bonds. The zero-order valence-electron chi connectivity index (χ0n) is 30.1. The van der Waals surface area contributed by atoms with E-state index in [-0.39, 0.29) is 43.1 Å². The van der Waals surface area contributed by atoms with Crippen molar-refractivity contribution in [2.45, 2.75) is 82.9 Å². The molecule has 280 valence electrons. The van der Waals surface area contributed by atoms with Gasteiger partial charge in [-0.3, -0.25) is 4.79 Å². The number of nitrogens with zero attached hydrogens (tertiary/aromatic N) is 1. The molecule has 10 nitrogen and oxygen atoms in total. The number of benzene rings is 4. The van der Waals surface area contributed by atoms with E-state index in [1.165, 1.54) is 0 Å². The second-order valence-corrected chi connectivity index (χ2v) is 13.4. The molecule has 4 N–H and O–H groups in total. The minimum absolute atomic E-state index is 0.00581. The van der Waals surface area contributed by atoms with Gasteiger partial charge in [-0.15, -0.1) is 0 Å². The van der Waals surface area contributed by atoms with E-state index in [2.05, 4.69) is 0 Å². The third kappa shape index (κ3) is 11.2. The van der Waals surface area contributed by atoms with Crippen molar-refractivity contribution in [1.29, 1.82) is 0 Å². The van der Waals surface area contributed by atoms with Crippen LogP contribution in [-0.2, 0) is 32.2 Å². The van der Waals surface area contributed by atoms with Crippen LogP contribution in [0.25, 0.3) is 10.8 Å². The molecule has 10 heteroatoms. The first kappa shape index (κ1) is 39.0. The fraction of sp³-hybridized carbons (Fsp3) is 0.452. The highest BCUT2D eigenvalue weighted by Crippen LogP contribution is 2.36. The molecule has 1 aliphatic heterocycles. The van der Waals surface area contributed by atoms with Crippen molar-refractivity contribution in [3.8, 4) is 17.2 Å². The predicted molar refractivity (Wildman–Crippen MR) is 199 cm³/mol. The van der Waals surface area contributed by atoms with Gasteiger partial charge in [-0.05, 0) is 66.1 Å². The summed E-state index contributed by atoms with van der Waals surface area (Å²) in [6.45, 7) is 4.36. The molecule has 4 aromatic carbocycles. The quantitative estimate of drug-likeness (QED) is 0.0761. The van der Waals surface area contributed by atoms with Gasteiger partial charge in [-0.25, -0.2) is 0 Å². The number of phenols is 2. The lowest BCUT2D eigenvalue weighted by Gasteiger charge is -2.44. The molecule has 0 aliphatic carbocycles. The number of ether oxygens (including phenoxy) is 4. The molecule has 4 aromatic rings. The SMILES string of the molecule is CCC(O)COC1CN(C(=O)CCCCCO)CC(OCc2cc(O)c3ccccc3c2)C1c1ccc(OCCCOCc2ccccc2O)cc1. The summed E-state index contributed by atoms with van der Waals surface area (Å²) in [6.07, 6.45) is 2.18. The fourth-order valence-electron chi connectivity index (χ4n) is 6.59. The van der Waals surface area contributed by atoms with E-state index in [9.17, 15) is 25.2 Å². The maximum atomic E-state index is 13.5. The first-order chi connectivity index (χ1) is 25.4. The number of likely N-dealkylation sites (tertiary alicyclic amines) is 1. The van der Waals surface area contributed by atoms with Crippen molar-refractivity contribution in [2.24, 2.45) is 0 Å². The Bertz CT molecular complexity index is 1680. The Morgan fingerprint density at radius 2 is 1.58 bits per heavy atom. The largest absolute Gasteiger partial charge is 0.508 e. The summed E-state index contributed by atoms with van der Waals surface area (Å²) >= 11 is 0. The average Bonchev–Trinajstić information content (AvgIpc) is 3.16. The first-order valence-electron chi connectivity index (χ1n) is 18.4. The maximum Gasteiger partial charge on any atom is 0.222 e. The normalized spacial score (nSPS) is 18.1. The summed E-state index contributed by atoms with van der Waals surface area (Å²) in [6, 6.07) is 26.4. The number of hydrogen-bond acceptors (Lipinski definition) is 9. The molecular weight excluding hydrogens is 662 g/mol. The molecule has 0 saturated carbocycles. The number of carbonyl (C=O) groups excluding carboxylic acids is 1. The van der Waals surface area contributed by atoms with Gasteiger partial charge in [0.2, 0.25) is 5.91 Å². The van der Waals surface area contributed by atoms with E-state index in [0.29, 0.717) is 70.8 Å². The Morgan fingerprint density at radius 1 is 0.827 bits per heavy atom. The van der Waals surface area contributed by atoms with Gasteiger partial charge in [0.15, 0.2) is 0 Å². The Hall–Kier alpha value is -4.19. The van der Waals surface area contributed by atoms with Gasteiger partial charge in [-0.1, -0.05) is 67.9 Å². The number of rotatable bonds is 20. The number of fused-ring (bicyclic) bond motifs is 1. The minimum Gasteiger partial charge on any atom is -0.508 e. The Balaban J connectivity index is 1.29. The van der Waals surface area contributed by atoms with Crippen molar-refractivity contribution in [3.05, 3.63) is 102 Å². The van der Waals surface area contributed by atoms with Gasteiger partial charge in [-0.2, -0.15) is 0 Å². The molecule has 52 heavy (non-hydrogen) atoms. The zero-order chi connectivity index (χ0) is 36.7. The molecule has 4 atom stereocenters. The van der Waals surface area contributed by atoms with E-state index in [0.717, 1.165) is 33.9 Å². The van der Waals surface area contributed by atoms with Crippen molar-refractivity contribution in [2.75, 3.05) is 39.5 Å². The number of aliphatic hydroxyl groups is 2. The number of phenolic OH excluding ortho intramolecular Hbond substituents is 2. The number of piperidine rings is 1. The minimum atomic E-state index is -0.636. The number of carbonyl (C=O) groups is 1. The number of aliphatic hydroxyl groups excluding tert-OH is 2. The topological polar surface area (TPSA) is 138 Å². The third-order valence-electron chi connectivity index (χ3n) is 9.56. The number of amides is 1. The van der Waals surface area contributed by atoms with Crippen LogP contribution in [0.4, 0.5) is 0 Å². The van der Waals surface area contributed by atoms with E-state index in [4.69, 9.17) is 18.9 Å². The lowest BCUT2D eigenvalue weighted by Crippen LogP contribution is -2.54. The van der Waals surface area contributed by atoms with Gasteiger partial charge >= 0.3 is 0 Å². The number of hydrogen-bond donors (Lipinski definition) is 4. The van der Waals surface area contributed by atoms with Crippen LogP contribution in [0.15, 0.2) is 84.9 Å². The highest BCUT2D eigenvalue weighted by atomic mass is 16.5. The molecule has 0 aromatic heterocycles. The van der Waals surface area contributed by atoms with Crippen LogP contribution in [0.5, 0.6) is 17.2 Å². The van der Waals surface area contributed by atoms with Crippen LogP contribution in [0.1, 0.15) is 68.1 Å². The Labute approximate surface area is 306 Å². The molecular formula is C42H53NO9. The third-order valence-corrected chi connectivity index (χ3v) is 9.56. The predicted octanol–water partition coefficient (Wildman–Crippen LogP) is 6.46. The van der Waals surface area contributed by atoms with Crippen LogP contribution in [0.3, 0.4) is 0 Å². The Morgan fingerprint density at radius 3 is 2.35 bits per heavy atom. The summed E-state index contributed by atoms with van der Waals surface area (Å²) < 4.78 is 24.8. The maximum absolute atomic E-state index is 13.5. The van der Waals surface area contributed by atoms with E-state index in [1.54, 1.807) is 23.1 Å². The van der Waals surface area contributed by atoms with Gasteiger partial charge in [0.05, 0.1) is 51.3 Å². The number of unbranched alkanes of at least 4 members (excludes halogenated alkanes) is 2. The molecule has 1 saturated heterocycles. The summed E-state index contributed by atoms with van der Waals surface area (Å²) in [5, 5.41) is 42.0. The summed E-state index contributed by atoms with van der Waals surface area (Å²) in [7, 11) is 0. The monoisotopic (exact) mass is 715 g/mol. The van der Waals surface area contributed by atoms with Crippen molar-refractivity contribution < 1.29 is 44.2 Å². The smallest absolute Gasteiger partial charge is 0.222 e. The standard InChI is InChI=1S/C42H53NO9/c1-2-34(45)29-52-40-26-43(41(48)15-4-3-9-20-44)25-39(51-27-30-23-32-11-5-7-13-36(32)38(47)24-30)42(40)31-16-18-35(19-17-31)50-22-10-21-49-28-33-12-6-8-14-37(33)46/h5-8,11-14,16-19,23-24,34,39-40,42,44-47H,2-4,9-10,15,20-22,25-29H2,1H3. The van der Waals surface area contributed by atoms with E-state index < -0.39 is 18.3 Å². The first-order valence-corrected chi connectivity index (χ1v) is 18.4. The fourth-order valence-corrected chi connectivity index (χ4v) is 6.59. The van der Waals surface area contributed by atoms with Gasteiger partial charge in [0, 0.05) is 49.4 Å². The lowest BCUT2D eigenvalue weighted by molar-refractivity contribution is -0.147. The van der Waals surface area contributed by atoms with Gasteiger partial charge in [0.1, 0.15) is 17.2 Å². The zero-order valence-corrected chi connectivity index (χ0v) is 30.1. The second-order valence-electron chi connectivity index (χ2n) is 13.4. The van der Waals surface area contributed by atoms with Crippen molar-refractivity contribution in [1.82, 2.24) is 4.90 Å². The molecule has 4 unspecified atom stereocenters. The van der Waals surface area contributed by atoms with Crippen LogP contribution in [0, 0.1) is 0 Å². The molecule has 0 radical (unpaired) electrons. The summed E-state index contributed by atoms with van der Waals surface area (Å²) in [5.74, 6) is 0.867. The van der Waals surface area contributed by atoms with Crippen molar-refractivity contribution >= 4 is 16.7 Å². The van der Waals surface area contributed by atoms with E-state index in [1.807, 2.05) is 73.7 Å². The highest BCUT2D eigenvalue weighted by Gasteiger charge is 2.41. The van der Waals surface area contributed by atoms with E-state index >= 15 is 0 Å². The molecule has 1 fully saturated rings. The molecule has 1 aliphatic rings. The molecule has 0 spiro atoms. The lowest BCUT2D eigenvalue weighted by atomic mass is 9.84. The van der Waals surface area contributed by atoms with Crippen LogP contribution in [0.2, 0.25) is 0 Å². The summed E-state index contributed by atoms with van der Waals surface area (Å²) in [4.78, 5) is 15.3.